The first-order chi connectivity index (χ1) is 7.74. The summed E-state index contributed by atoms with van der Waals surface area (Å²) in [7, 11) is 0. The lowest BCUT2D eigenvalue weighted by Gasteiger charge is -2.09. The minimum atomic E-state index is -0.387. The molecule has 2 nitrogen and oxygen atoms in total. The van der Waals surface area contributed by atoms with Crippen LogP contribution >= 0.6 is 0 Å². The third-order valence-electron chi connectivity index (χ3n) is 2.86. The highest BCUT2D eigenvalue weighted by Gasteiger charge is 2.07. The fraction of sp³-hybridized carbons (Fsp3) is 0.643. The molecule has 0 aromatic carbocycles. The predicted molar refractivity (Wildman–Crippen MR) is 67.3 cm³/mol. The van der Waals surface area contributed by atoms with Gasteiger partial charge in [-0.2, -0.15) is 0 Å². The number of nitrogens with zero attached hydrogens (tertiary/aromatic N) is 1. The number of hydrogen-bond donors (Lipinski definition) is 1. The minimum absolute atomic E-state index is 0.387. The van der Waals surface area contributed by atoms with E-state index in [4.69, 9.17) is 0 Å². The van der Waals surface area contributed by atoms with Crippen molar-refractivity contribution in [3.05, 3.63) is 29.6 Å². The van der Waals surface area contributed by atoms with Gasteiger partial charge in [0.2, 0.25) is 0 Å². The summed E-state index contributed by atoms with van der Waals surface area (Å²) in [6.45, 7) is 4.22. The Morgan fingerprint density at radius 3 is 2.56 bits per heavy atom. The molecule has 1 unspecified atom stereocenters. The highest BCUT2D eigenvalue weighted by molar-refractivity contribution is 5.13. The molecule has 0 fully saturated rings. The normalized spacial score (nSPS) is 12.7. The number of aliphatic hydroxyl groups is 1. The van der Waals surface area contributed by atoms with Crippen LogP contribution in [0, 0.1) is 6.92 Å². The Morgan fingerprint density at radius 2 is 1.94 bits per heavy atom. The maximum Gasteiger partial charge on any atom is 0.0959 e. The summed E-state index contributed by atoms with van der Waals surface area (Å²) in [4.78, 5) is 4.24. The topological polar surface area (TPSA) is 33.1 Å². The molecule has 0 amide bonds. The smallest absolute Gasteiger partial charge is 0.0959 e. The van der Waals surface area contributed by atoms with Crippen molar-refractivity contribution in [2.45, 2.75) is 58.5 Å². The largest absolute Gasteiger partial charge is 0.387 e. The third kappa shape index (κ3) is 4.75. The molecule has 1 aromatic heterocycles. The number of aryl methyl sites for hydroxylation is 1. The lowest BCUT2D eigenvalue weighted by Crippen LogP contribution is -2.00. The third-order valence-corrected chi connectivity index (χ3v) is 2.86. The number of aromatic nitrogens is 1. The van der Waals surface area contributed by atoms with Gasteiger partial charge < -0.3 is 5.11 Å². The number of unbranched alkanes of at least 4 members (excludes halogenated alkanes) is 4. The summed E-state index contributed by atoms with van der Waals surface area (Å²) >= 11 is 0. The van der Waals surface area contributed by atoms with Crippen LogP contribution in [-0.2, 0) is 0 Å². The number of pyridine rings is 1. The van der Waals surface area contributed by atoms with E-state index in [-0.39, 0.29) is 6.10 Å². The molecule has 1 rings (SSSR count). The molecule has 1 aromatic rings. The maximum atomic E-state index is 9.91. The summed E-state index contributed by atoms with van der Waals surface area (Å²) < 4.78 is 0. The predicted octanol–water partition coefficient (Wildman–Crippen LogP) is 3.78. The van der Waals surface area contributed by atoms with Crippen molar-refractivity contribution in [1.82, 2.24) is 4.98 Å². The Kier molecular flexibility index (Phi) is 6.09. The van der Waals surface area contributed by atoms with Crippen LogP contribution in [0.3, 0.4) is 0 Å². The van der Waals surface area contributed by atoms with E-state index in [1.165, 1.54) is 25.7 Å². The van der Waals surface area contributed by atoms with Crippen LogP contribution in [0.1, 0.15) is 62.8 Å². The zero-order chi connectivity index (χ0) is 11.8. The Bertz CT molecular complexity index is 281. The average Bonchev–Trinajstić information content (AvgIpc) is 2.29. The van der Waals surface area contributed by atoms with Crippen LogP contribution in [0.25, 0.3) is 0 Å². The summed E-state index contributed by atoms with van der Waals surface area (Å²) in [6.07, 6.45) is 8.43. The molecule has 0 aliphatic heterocycles. The van der Waals surface area contributed by atoms with Gasteiger partial charge in [0, 0.05) is 6.20 Å². The molecule has 0 aliphatic carbocycles. The van der Waals surface area contributed by atoms with E-state index in [1.54, 1.807) is 0 Å². The monoisotopic (exact) mass is 221 g/mol. The Hall–Kier alpha value is -0.890. The molecule has 2 heteroatoms. The van der Waals surface area contributed by atoms with Crippen molar-refractivity contribution in [3.63, 3.8) is 0 Å². The summed E-state index contributed by atoms with van der Waals surface area (Å²) in [5.41, 5.74) is 1.94. The quantitative estimate of drug-likeness (QED) is 0.711. The maximum absolute atomic E-state index is 9.91. The average molecular weight is 221 g/mol. The molecule has 1 N–H and O–H groups in total. The Morgan fingerprint density at radius 1 is 1.19 bits per heavy atom. The van der Waals surface area contributed by atoms with Gasteiger partial charge in [0.1, 0.15) is 0 Å². The lowest BCUT2D eigenvalue weighted by atomic mass is 10.1. The summed E-state index contributed by atoms with van der Waals surface area (Å²) in [5, 5.41) is 9.91. The van der Waals surface area contributed by atoms with Crippen molar-refractivity contribution in [2.24, 2.45) is 0 Å². The van der Waals surface area contributed by atoms with Crippen LogP contribution < -0.4 is 0 Å². The zero-order valence-corrected chi connectivity index (χ0v) is 10.4. The van der Waals surface area contributed by atoms with Crippen LogP contribution in [0.2, 0.25) is 0 Å². The molecule has 0 radical (unpaired) electrons. The highest BCUT2D eigenvalue weighted by atomic mass is 16.3. The van der Waals surface area contributed by atoms with Crippen molar-refractivity contribution >= 4 is 0 Å². The van der Waals surface area contributed by atoms with Crippen LogP contribution in [0.5, 0.6) is 0 Å². The first kappa shape index (κ1) is 13.2. The van der Waals surface area contributed by atoms with Crippen molar-refractivity contribution in [2.75, 3.05) is 0 Å². The molecule has 90 valence electrons. The van der Waals surface area contributed by atoms with E-state index in [0.29, 0.717) is 0 Å². The molecule has 0 saturated heterocycles. The van der Waals surface area contributed by atoms with E-state index in [9.17, 15) is 5.11 Å². The summed E-state index contributed by atoms with van der Waals surface area (Å²) in [5.74, 6) is 0. The molecular formula is C14H23NO. The van der Waals surface area contributed by atoms with Crippen molar-refractivity contribution < 1.29 is 5.11 Å². The van der Waals surface area contributed by atoms with Crippen molar-refractivity contribution in [3.8, 4) is 0 Å². The number of hydrogen-bond acceptors (Lipinski definition) is 2. The fourth-order valence-corrected chi connectivity index (χ4v) is 1.77. The standard InChI is InChI=1S/C14H23NO/c1-3-4-5-6-7-8-14(16)13-10-9-12(2)11-15-13/h9-11,14,16H,3-8H2,1-2H3. The summed E-state index contributed by atoms with van der Waals surface area (Å²) in [6, 6.07) is 3.93. The van der Waals surface area contributed by atoms with Crippen molar-refractivity contribution in [1.29, 1.82) is 0 Å². The van der Waals surface area contributed by atoms with Gasteiger partial charge in [-0.3, -0.25) is 4.98 Å². The SMILES string of the molecule is CCCCCCCC(O)c1ccc(C)cn1. The van der Waals surface area contributed by atoms with E-state index < -0.39 is 0 Å². The van der Waals surface area contributed by atoms with E-state index in [2.05, 4.69) is 11.9 Å². The van der Waals surface area contributed by atoms with Gasteiger partial charge in [-0.25, -0.2) is 0 Å². The van der Waals surface area contributed by atoms with E-state index >= 15 is 0 Å². The van der Waals surface area contributed by atoms with Crippen LogP contribution in [0.15, 0.2) is 18.3 Å². The van der Waals surface area contributed by atoms with Crippen LogP contribution in [0.4, 0.5) is 0 Å². The second kappa shape index (κ2) is 7.39. The van der Waals surface area contributed by atoms with Gasteiger partial charge in [-0.1, -0.05) is 45.1 Å². The van der Waals surface area contributed by atoms with Gasteiger partial charge in [0.25, 0.3) is 0 Å². The lowest BCUT2D eigenvalue weighted by molar-refractivity contribution is 0.158. The number of aliphatic hydroxyl groups excluding tert-OH is 1. The van der Waals surface area contributed by atoms with E-state index in [0.717, 1.165) is 24.1 Å². The van der Waals surface area contributed by atoms with Gasteiger partial charge in [0.05, 0.1) is 11.8 Å². The van der Waals surface area contributed by atoms with Crippen LogP contribution in [-0.4, -0.2) is 10.1 Å². The number of rotatable bonds is 7. The van der Waals surface area contributed by atoms with Gasteiger partial charge in [0.15, 0.2) is 0 Å². The zero-order valence-electron chi connectivity index (χ0n) is 10.4. The molecule has 0 aliphatic rings. The Balaban J connectivity index is 2.24. The second-order valence-corrected chi connectivity index (χ2v) is 4.48. The molecule has 0 bridgehead atoms. The van der Waals surface area contributed by atoms with Gasteiger partial charge >= 0.3 is 0 Å². The first-order valence-electron chi connectivity index (χ1n) is 6.34. The van der Waals surface area contributed by atoms with E-state index in [1.807, 2.05) is 25.3 Å². The molecular weight excluding hydrogens is 198 g/mol. The fourth-order valence-electron chi connectivity index (χ4n) is 1.77. The van der Waals surface area contributed by atoms with Gasteiger partial charge in [-0.05, 0) is 25.0 Å². The molecule has 0 saturated carbocycles. The molecule has 1 heterocycles. The highest BCUT2D eigenvalue weighted by Crippen LogP contribution is 2.18. The Labute approximate surface area is 98.7 Å². The minimum Gasteiger partial charge on any atom is -0.387 e. The van der Waals surface area contributed by atoms with Gasteiger partial charge in [-0.15, -0.1) is 0 Å². The molecule has 0 spiro atoms. The second-order valence-electron chi connectivity index (χ2n) is 4.48. The molecule has 16 heavy (non-hydrogen) atoms. The first-order valence-corrected chi connectivity index (χ1v) is 6.34. The molecule has 1 atom stereocenters.